The Kier molecular flexibility index (Phi) is 5.42. The van der Waals surface area contributed by atoms with E-state index in [0.29, 0.717) is 15.8 Å². The highest BCUT2D eigenvalue weighted by molar-refractivity contribution is 9.10. The molecule has 0 N–H and O–H groups in total. The Morgan fingerprint density at radius 1 is 0.889 bits per heavy atom. The summed E-state index contributed by atoms with van der Waals surface area (Å²) in [5.41, 5.74) is -0.266. The topological polar surface area (TPSA) is 112 Å². The second-order valence-electron chi connectivity index (χ2n) is 5.14. The SMILES string of the molecule is O=c1c([N+](=O)[O-])cnc2ccc(Br)cn12.O=c1ccnc2ccc(Br)cn12. The first kappa shape index (κ1) is 18.9. The summed E-state index contributed by atoms with van der Waals surface area (Å²) in [4.78, 5) is 40.4. The molecule has 0 aliphatic carbocycles. The minimum Gasteiger partial charge on any atom is -0.269 e. The second-order valence-corrected chi connectivity index (χ2v) is 6.97. The first-order valence-corrected chi connectivity index (χ1v) is 8.89. The molecule has 11 heteroatoms. The van der Waals surface area contributed by atoms with Crippen molar-refractivity contribution in [1.29, 1.82) is 0 Å². The van der Waals surface area contributed by atoms with Gasteiger partial charge in [-0.05, 0) is 56.1 Å². The van der Waals surface area contributed by atoms with Crippen LogP contribution < -0.4 is 11.1 Å². The van der Waals surface area contributed by atoms with Crippen LogP contribution >= 0.6 is 31.9 Å². The molecule has 0 amide bonds. The van der Waals surface area contributed by atoms with E-state index in [-0.39, 0.29) is 5.56 Å². The molecule has 0 unspecified atom stereocenters. The number of rotatable bonds is 1. The number of nitrogens with zero attached hydrogens (tertiary/aromatic N) is 5. The van der Waals surface area contributed by atoms with E-state index in [1.807, 2.05) is 6.07 Å². The van der Waals surface area contributed by atoms with E-state index in [1.165, 1.54) is 22.9 Å². The van der Waals surface area contributed by atoms with Gasteiger partial charge in [0.15, 0.2) is 0 Å². The van der Waals surface area contributed by atoms with Crippen molar-refractivity contribution < 1.29 is 4.92 Å². The normalized spacial score (nSPS) is 10.4. The van der Waals surface area contributed by atoms with Gasteiger partial charge in [-0.25, -0.2) is 9.97 Å². The van der Waals surface area contributed by atoms with Gasteiger partial charge in [-0.3, -0.25) is 28.5 Å². The van der Waals surface area contributed by atoms with Crippen molar-refractivity contribution in [2.45, 2.75) is 0 Å². The van der Waals surface area contributed by atoms with E-state index >= 15 is 0 Å². The van der Waals surface area contributed by atoms with Crippen molar-refractivity contribution in [2.75, 3.05) is 0 Å². The summed E-state index contributed by atoms with van der Waals surface area (Å²) in [5, 5.41) is 10.5. The van der Waals surface area contributed by atoms with Gasteiger partial charge in [-0.2, -0.15) is 0 Å². The van der Waals surface area contributed by atoms with Crippen molar-refractivity contribution >= 4 is 48.8 Å². The average molecular weight is 495 g/mol. The van der Waals surface area contributed by atoms with Crippen LogP contribution in [-0.4, -0.2) is 23.7 Å². The van der Waals surface area contributed by atoms with Gasteiger partial charge in [0.2, 0.25) is 0 Å². The number of aromatic nitrogens is 4. The maximum absolute atomic E-state index is 11.6. The predicted octanol–water partition coefficient (Wildman–Crippen LogP) is 2.82. The molecule has 0 radical (unpaired) electrons. The third kappa shape index (κ3) is 4.09. The highest BCUT2D eigenvalue weighted by Gasteiger charge is 2.14. The van der Waals surface area contributed by atoms with Crippen LogP contribution in [0.15, 0.2) is 73.7 Å². The average Bonchev–Trinajstić information content (AvgIpc) is 2.63. The van der Waals surface area contributed by atoms with Crippen LogP contribution in [0.3, 0.4) is 0 Å². The summed E-state index contributed by atoms with van der Waals surface area (Å²) in [6, 6.07) is 8.36. The quantitative estimate of drug-likeness (QED) is 0.297. The van der Waals surface area contributed by atoms with Gasteiger partial charge in [0.05, 0.1) is 4.92 Å². The number of hydrogen-bond donors (Lipinski definition) is 0. The fourth-order valence-corrected chi connectivity index (χ4v) is 2.85. The zero-order chi connectivity index (χ0) is 19.6. The zero-order valence-corrected chi connectivity index (χ0v) is 16.5. The minimum atomic E-state index is -0.747. The lowest BCUT2D eigenvalue weighted by atomic mass is 10.4. The van der Waals surface area contributed by atoms with Crippen molar-refractivity contribution in [1.82, 2.24) is 18.8 Å². The van der Waals surface area contributed by atoms with Crippen molar-refractivity contribution in [2.24, 2.45) is 0 Å². The fourth-order valence-electron chi connectivity index (χ4n) is 2.17. The van der Waals surface area contributed by atoms with E-state index in [9.17, 15) is 19.7 Å². The summed E-state index contributed by atoms with van der Waals surface area (Å²) in [6.45, 7) is 0. The van der Waals surface area contributed by atoms with E-state index in [1.54, 1.807) is 24.4 Å². The number of nitro groups is 1. The number of fused-ring (bicyclic) bond motifs is 2. The van der Waals surface area contributed by atoms with Crippen molar-refractivity contribution in [3.63, 3.8) is 0 Å². The summed E-state index contributed by atoms with van der Waals surface area (Å²) in [6.07, 6.45) is 5.61. The molecule has 4 aromatic heterocycles. The lowest BCUT2D eigenvalue weighted by molar-refractivity contribution is -0.386. The van der Waals surface area contributed by atoms with Crippen LogP contribution in [0.4, 0.5) is 5.69 Å². The van der Waals surface area contributed by atoms with Crippen molar-refractivity contribution in [3.8, 4) is 0 Å². The van der Waals surface area contributed by atoms with Crippen LogP contribution in [0, 0.1) is 10.1 Å². The zero-order valence-electron chi connectivity index (χ0n) is 13.3. The molecule has 0 saturated carbocycles. The Hall–Kier alpha value is -2.92. The molecule has 136 valence electrons. The Morgan fingerprint density at radius 2 is 1.48 bits per heavy atom. The molecule has 0 aromatic carbocycles. The van der Waals surface area contributed by atoms with Crippen LogP contribution in [0.1, 0.15) is 0 Å². The summed E-state index contributed by atoms with van der Waals surface area (Å²) in [7, 11) is 0. The molecule has 0 aliphatic rings. The number of hydrogen-bond acceptors (Lipinski definition) is 6. The number of halogens is 2. The molecular formula is C16H9Br2N5O4. The molecule has 4 heterocycles. The smallest absolute Gasteiger partial charge is 0.269 e. The Labute approximate surface area is 167 Å². The molecule has 0 aliphatic heterocycles. The van der Waals surface area contributed by atoms with E-state index < -0.39 is 16.2 Å². The van der Waals surface area contributed by atoms with E-state index in [2.05, 4.69) is 41.8 Å². The van der Waals surface area contributed by atoms with Crippen LogP contribution in [0.2, 0.25) is 0 Å². The molecule has 4 aromatic rings. The highest BCUT2D eigenvalue weighted by atomic mass is 79.9. The Morgan fingerprint density at radius 3 is 2.11 bits per heavy atom. The van der Waals surface area contributed by atoms with Gasteiger partial charge in [0.25, 0.3) is 5.56 Å². The van der Waals surface area contributed by atoms with Gasteiger partial charge < -0.3 is 0 Å². The van der Waals surface area contributed by atoms with E-state index in [4.69, 9.17) is 0 Å². The van der Waals surface area contributed by atoms with Gasteiger partial charge in [-0.1, -0.05) is 0 Å². The lowest BCUT2D eigenvalue weighted by Gasteiger charge is -1.99. The molecule has 0 spiro atoms. The molecule has 0 saturated heterocycles. The monoisotopic (exact) mass is 493 g/mol. The third-order valence-corrected chi connectivity index (χ3v) is 4.33. The highest BCUT2D eigenvalue weighted by Crippen LogP contribution is 2.11. The molecule has 4 rings (SSSR count). The number of pyridine rings is 2. The summed E-state index contributed by atoms with van der Waals surface area (Å²) >= 11 is 6.45. The lowest BCUT2D eigenvalue weighted by Crippen LogP contribution is -2.17. The fraction of sp³-hybridized carbons (Fsp3) is 0. The Balaban J connectivity index is 0.000000159. The first-order chi connectivity index (χ1) is 12.9. The van der Waals surface area contributed by atoms with E-state index in [0.717, 1.165) is 15.1 Å². The van der Waals surface area contributed by atoms with Gasteiger partial charge >= 0.3 is 11.2 Å². The van der Waals surface area contributed by atoms with Gasteiger partial charge in [0, 0.05) is 33.6 Å². The standard InChI is InChI=1S/C8H4BrN3O3.C8H5BrN2O/c9-5-1-2-7-10-3-6(12(14)15)8(13)11(7)4-5;9-6-1-2-7-10-4-3-8(12)11(7)5-6/h1-4H;1-5H. The molecule has 0 fully saturated rings. The summed E-state index contributed by atoms with van der Waals surface area (Å²) < 4.78 is 4.14. The van der Waals surface area contributed by atoms with Crippen LogP contribution in [0.25, 0.3) is 11.3 Å². The summed E-state index contributed by atoms with van der Waals surface area (Å²) in [5.74, 6) is 0. The molecule has 9 nitrogen and oxygen atoms in total. The van der Waals surface area contributed by atoms with Gasteiger partial charge in [-0.15, -0.1) is 0 Å². The van der Waals surface area contributed by atoms with Gasteiger partial charge in [0.1, 0.15) is 17.5 Å². The molecule has 0 bridgehead atoms. The largest absolute Gasteiger partial charge is 0.352 e. The predicted molar refractivity (Wildman–Crippen MR) is 105 cm³/mol. The molecule has 27 heavy (non-hydrogen) atoms. The molecule has 0 atom stereocenters. The van der Waals surface area contributed by atoms with Crippen LogP contribution in [-0.2, 0) is 0 Å². The first-order valence-electron chi connectivity index (χ1n) is 7.31. The second kappa shape index (κ2) is 7.76. The maximum atomic E-state index is 11.6. The third-order valence-electron chi connectivity index (χ3n) is 3.40. The van der Waals surface area contributed by atoms with Crippen molar-refractivity contribution in [3.05, 3.63) is 94.9 Å². The maximum Gasteiger partial charge on any atom is 0.352 e. The minimum absolute atomic E-state index is 0.0682. The Bertz CT molecular complexity index is 1290. The van der Waals surface area contributed by atoms with Crippen LogP contribution in [0.5, 0.6) is 0 Å². The molecular weight excluding hydrogens is 486 g/mol.